The zero-order valence-corrected chi connectivity index (χ0v) is 10.2. The van der Waals surface area contributed by atoms with Gasteiger partial charge < -0.3 is 5.11 Å². The molecule has 0 heterocycles. The van der Waals surface area contributed by atoms with Crippen molar-refractivity contribution in [1.82, 2.24) is 0 Å². The molecule has 0 spiro atoms. The van der Waals surface area contributed by atoms with Crippen molar-refractivity contribution in [3.05, 3.63) is 34.1 Å². The summed E-state index contributed by atoms with van der Waals surface area (Å²) in [5.41, 5.74) is -0.530. The van der Waals surface area contributed by atoms with Gasteiger partial charge in [0.1, 0.15) is 5.82 Å². The van der Waals surface area contributed by atoms with Gasteiger partial charge in [-0.25, -0.2) is 9.18 Å². The Hall–Kier alpha value is -1.18. The summed E-state index contributed by atoms with van der Waals surface area (Å²) >= 11 is 5.63. The van der Waals surface area contributed by atoms with Crippen LogP contribution >= 0.6 is 11.6 Å². The Morgan fingerprint density at radius 1 is 1.53 bits per heavy atom. The van der Waals surface area contributed by atoms with Crippen LogP contribution in [0.1, 0.15) is 15.9 Å². The summed E-state index contributed by atoms with van der Waals surface area (Å²) in [5.74, 6) is -2.26. The highest BCUT2D eigenvalue weighted by Crippen LogP contribution is 2.23. The quantitative estimate of drug-likeness (QED) is 0.849. The first kappa shape index (κ1) is 13.9. The molecule has 1 rings (SSSR count). The predicted octanol–water partition coefficient (Wildman–Crippen LogP) is 1.65. The number of carboxylic acids is 1. The fourth-order valence-electron chi connectivity index (χ4n) is 1.03. The highest BCUT2D eigenvalue weighted by Gasteiger charge is 2.15. The minimum absolute atomic E-state index is 0.203. The molecule has 0 aliphatic carbocycles. The van der Waals surface area contributed by atoms with Crippen LogP contribution in [0.5, 0.6) is 0 Å². The van der Waals surface area contributed by atoms with Gasteiger partial charge in [0.25, 0.3) is 10.1 Å². The third-order valence-corrected chi connectivity index (χ3v) is 2.69. The Kier molecular flexibility index (Phi) is 4.07. The van der Waals surface area contributed by atoms with Gasteiger partial charge in [-0.3, -0.25) is 4.18 Å². The van der Waals surface area contributed by atoms with Crippen LogP contribution in [0.2, 0.25) is 5.02 Å². The van der Waals surface area contributed by atoms with Crippen LogP contribution in [0.25, 0.3) is 0 Å². The Morgan fingerprint density at radius 3 is 2.53 bits per heavy atom. The number of carboxylic acid groups (broad SMARTS) is 1. The molecule has 0 atom stereocenters. The van der Waals surface area contributed by atoms with Crippen molar-refractivity contribution < 1.29 is 26.9 Å². The van der Waals surface area contributed by atoms with Gasteiger partial charge in [0, 0.05) is 10.6 Å². The predicted molar refractivity (Wildman–Crippen MR) is 58.0 cm³/mol. The molecule has 1 aromatic rings. The molecule has 0 amide bonds. The van der Waals surface area contributed by atoms with Gasteiger partial charge in [0.15, 0.2) is 0 Å². The van der Waals surface area contributed by atoms with Crippen molar-refractivity contribution in [2.75, 3.05) is 6.26 Å². The van der Waals surface area contributed by atoms with E-state index in [9.17, 15) is 17.6 Å². The van der Waals surface area contributed by atoms with E-state index in [0.717, 1.165) is 18.4 Å². The molecule has 0 aliphatic heterocycles. The molecular weight excluding hydrogens is 275 g/mol. The molecule has 1 aromatic carbocycles. The van der Waals surface area contributed by atoms with Crippen molar-refractivity contribution in [1.29, 1.82) is 0 Å². The smallest absolute Gasteiger partial charge is 0.335 e. The summed E-state index contributed by atoms with van der Waals surface area (Å²) in [5, 5.41) is 8.43. The molecule has 17 heavy (non-hydrogen) atoms. The SMILES string of the molecule is CS(=O)(=O)OCc1c(F)cc(C(=O)O)cc1Cl. The lowest BCUT2D eigenvalue weighted by Crippen LogP contribution is -2.06. The van der Waals surface area contributed by atoms with Crippen LogP contribution < -0.4 is 0 Å². The molecule has 1 N–H and O–H groups in total. The van der Waals surface area contributed by atoms with Crippen LogP contribution in [0.4, 0.5) is 4.39 Å². The Bertz CT molecular complexity index is 531. The zero-order chi connectivity index (χ0) is 13.2. The molecule has 94 valence electrons. The average Bonchev–Trinajstić information content (AvgIpc) is 2.14. The van der Waals surface area contributed by atoms with Gasteiger partial charge >= 0.3 is 5.97 Å². The second-order valence-electron chi connectivity index (χ2n) is 3.19. The van der Waals surface area contributed by atoms with Crippen molar-refractivity contribution >= 4 is 27.7 Å². The molecule has 0 aliphatic rings. The number of rotatable bonds is 4. The van der Waals surface area contributed by atoms with Crippen molar-refractivity contribution in [3.63, 3.8) is 0 Å². The summed E-state index contributed by atoms with van der Waals surface area (Å²) in [6.07, 6.45) is 0.810. The van der Waals surface area contributed by atoms with Gasteiger partial charge in [-0.05, 0) is 12.1 Å². The van der Waals surface area contributed by atoms with Crippen LogP contribution in [0.3, 0.4) is 0 Å². The maximum absolute atomic E-state index is 13.4. The van der Waals surface area contributed by atoms with Crippen molar-refractivity contribution in [3.8, 4) is 0 Å². The third-order valence-electron chi connectivity index (χ3n) is 1.81. The fraction of sp³-hybridized carbons (Fsp3) is 0.222. The number of hydrogen-bond acceptors (Lipinski definition) is 4. The largest absolute Gasteiger partial charge is 0.478 e. The molecular formula is C9H8ClFO5S. The van der Waals surface area contributed by atoms with Crippen LogP contribution in [0, 0.1) is 5.82 Å². The molecule has 0 fully saturated rings. The Labute approximate surface area is 102 Å². The van der Waals surface area contributed by atoms with Crippen LogP contribution in [0.15, 0.2) is 12.1 Å². The van der Waals surface area contributed by atoms with Gasteiger partial charge in [-0.1, -0.05) is 11.6 Å². The molecule has 0 unspecified atom stereocenters. The number of aromatic carboxylic acids is 1. The highest BCUT2D eigenvalue weighted by atomic mass is 35.5. The standard InChI is InChI=1S/C9H8ClFO5S/c1-17(14,15)16-4-6-7(10)2-5(9(12)13)3-8(6)11/h2-3H,4H2,1H3,(H,12,13). The van der Waals surface area contributed by atoms with Gasteiger partial charge in [-0.2, -0.15) is 8.42 Å². The Balaban J connectivity index is 3.06. The lowest BCUT2D eigenvalue weighted by atomic mass is 10.1. The second kappa shape index (κ2) is 4.99. The first-order valence-corrected chi connectivity index (χ1v) is 6.46. The molecule has 0 bridgehead atoms. The normalized spacial score (nSPS) is 11.5. The summed E-state index contributed by atoms with van der Waals surface area (Å²) in [6.45, 7) is -0.580. The molecule has 5 nitrogen and oxygen atoms in total. The van der Waals surface area contributed by atoms with E-state index in [2.05, 4.69) is 4.18 Å². The maximum atomic E-state index is 13.4. The summed E-state index contributed by atoms with van der Waals surface area (Å²) in [4.78, 5) is 10.6. The topological polar surface area (TPSA) is 80.7 Å². The van der Waals surface area contributed by atoms with Gasteiger partial charge in [0.05, 0.1) is 18.4 Å². The zero-order valence-electron chi connectivity index (χ0n) is 8.61. The minimum Gasteiger partial charge on any atom is -0.478 e. The minimum atomic E-state index is -3.72. The number of carbonyl (C=O) groups is 1. The maximum Gasteiger partial charge on any atom is 0.335 e. The van der Waals surface area contributed by atoms with Gasteiger partial charge in [0.2, 0.25) is 0 Å². The summed E-state index contributed by atoms with van der Waals surface area (Å²) in [6, 6.07) is 1.77. The number of hydrogen-bond donors (Lipinski definition) is 1. The van der Waals surface area contributed by atoms with E-state index in [0.29, 0.717) is 0 Å². The van der Waals surface area contributed by atoms with Crippen LogP contribution in [-0.4, -0.2) is 25.7 Å². The first-order valence-electron chi connectivity index (χ1n) is 4.26. The van der Waals surface area contributed by atoms with E-state index in [-0.39, 0.29) is 16.1 Å². The summed E-state index contributed by atoms with van der Waals surface area (Å²) in [7, 11) is -3.72. The monoisotopic (exact) mass is 282 g/mol. The highest BCUT2D eigenvalue weighted by molar-refractivity contribution is 7.85. The van der Waals surface area contributed by atoms with E-state index in [1.807, 2.05) is 0 Å². The van der Waals surface area contributed by atoms with Crippen molar-refractivity contribution in [2.45, 2.75) is 6.61 Å². The van der Waals surface area contributed by atoms with E-state index in [1.165, 1.54) is 0 Å². The summed E-state index contributed by atoms with van der Waals surface area (Å²) < 4.78 is 39.2. The fourth-order valence-corrected chi connectivity index (χ4v) is 1.62. The first-order chi connectivity index (χ1) is 7.70. The molecule has 0 aromatic heterocycles. The van der Waals surface area contributed by atoms with E-state index < -0.39 is 28.5 Å². The van der Waals surface area contributed by atoms with E-state index in [4.69, 9.17) is 16.7 Å². The molecule has 0 saturated heterocycles. The van der Waals surface area contributed by atoms with Crippen LogP contribution in [-0.2, 0) is 20.9 Å². The number of benzene rings is 1. The molecule has 8 heteroatoms. The lowest BCUT2D eigenvalue weighted by Gasteiger charge is -2.07. The lowest BCUT2D eigenvalue weighted by molar-refractivity contribution is 0.0696. The molecule has 0 radical (unpaired) electrons. The molecule has 0 saturated carbocycles. The van der Waals surface area contributed by atoms with Crippen molar-refractivity contribution in [2.24, 2.45) is 0 Å². The second-order valence-corrected chi connectivity index (χ2v) is 5.24. The average molecular weight is 283 g/mol. The van der Waals surface area contributed by atoms with E-state index in [1.54, 1.807) is 0 Å². The number of halogens is 2. The van der Waals surface area contributed by atoms with E-state index >= 15 is 0 Å². The van der Waals surface area contributed by atoms with Gasteiger partial charge in [-0.15, -0.1) is 0 Å². The third kappa shape index (κ3) is 3.95. The Morgan fingerprint density at radius 2 is 2.12 bits per heavy atom.